The van der Waals surface area contributed by atoms with Crippen LogP contribution in [0.1, 0.15) is 349 Å². The number of hydrogen-bond donors (Lipinski definition) is 0. The number of hydrogen-bond acceptors (Lipinski definition) is 4. The van der Waals surface area contributed by atoms with E-state index in [1.54, 1.807) is 30.3 Å². The number of benzene rings is 5. The first kappa shape index (κ1) is 94.8. The average molecular weight is 1710 g/mol. The molecule has 10 aliphatic carbocycles. The summed E-state index contributed by atoms with van der Waals surface area (Å²) in [7, 11) is 0. The van der Waals surface area contributed by atoms with Crippen molar-refractivity contribution < 1.29 is 93.6 Å². The zero-order chi connectivity index (χ0) is 86.0. The molecule has 0 radical (unpaired) electrons. The van der Waals surface area contributed by atoms with E-state index < -0.39 is 72.1 Å². The standard InChI is InChI=1S/C20H25F5O.C20H26F4O.C20H27F3O.C20H28F2O.C19H25F3/c1-12-2-4-13(5-3-12)14-6-8-15(9-7-14)16-10-17(21)19(18(22)11-16)26-20(23,24)25;1-13-2-4-14(5-3-13)15-6-8-16(9-7-15)17-10-11-19(18(21)12-17)25-20(22,23)24;1-14-2-4-15(5-3-14)16-6-8-17(9-7-16)18-10-12-19(13-11-18)24-20(21,22)23;1-14-2-4-15(5-3-14)16-6-8-17(9-7-16)18-10-12-19(13-11-18)23-20(21)22;1-12-2-4-13(5-3-12)14-6-8-15(9-7-14)16-10-17(20)19(22)18(21)11-16/h10-15H,2-9H2,1H3;10-16H,2-9H2,1H3;10-17H,2-9H2,1H3;10-17,20H,2-9H2,1H3;10-15H,2-9H2,1H3. The SMILES string of the molecule is CC1CCC(C2CCC(c3cc(F)c(F)c(F)c3)CC2)CC1.CC1CCC(C2CCC(c3cc(F)c(OC(F)(F)F)c(F)c3)CC2)CC1.CC1CCC(C2CCC(c3ccc(OC(F)(F)F)c(F)c3)CC2)CC1.CC1CCC(C2CCC(c3ccc(OC(F)(F)F)cc3)CC2)CC1.CC1CCC(C2CCC(c3ccc(OC(F)F)cc3)CC2)CC1. The first-order valence-electron chi connectivity index (χ1n) is 46.0. The highest BCUT2D eigenvalue weighted by molar-refractivity contribution is 5.35. The Labute approximate surface area is 702 Å². The third-order valence-corrected chi connectivity index (χ3v) is 30.5. The summed E-state index contributed by atoms with van der Waals surface area (Å²) in [5, 5.41) is 0. The van der Waals surface area contributed by atoms with Crippen molar-refractivity contribution in [1.82, 2.24) is 0 Å². The van der Waals surface area contributed by atoms with E-state index in [4.69, 9.17) is 0 Å². The molecule has 0 unspecified atom stereocenters. The second-order valence-electron chi connectivity index (χ2n) is 38.6. The third kappa shape index (κ3) is 29.1. The maximum atomic E-state index is 13.9. The predicted molar refractivity (Wildman–Crippen MR) is 438 cm³/mol. The van der Waals surface area contributed by atoms with Crippen molar-refractivity contribution in [1.29, 1.82) is 0 Å². The van der Waals surface area contributed by atoms with Crippen LogP contribution in [-0.4, -0.2) is 25.7 Å². The van der Waals surface area contributed by atoms with Gasteiger partial charge < -0.3 is 18.9 Å². The number of alkyl halides is 11. The molecule has 0 bridgehead atoms. The van der Waals surface area contributed by atoms with Gasteiger partial charge in [0.25, 0.3) is 0 Å². The summed E-state index contributed by atoms with van der Waals surface area (Å²) in [6, 6.07) is 22.0. The molecule has 15 rings (SSSR count). The lowest BCUT2D eigenvalue weighted by Gasteiger charge is -2.37. The van der Waals surface area contributed by atoms with Gasteiger partial charge in [-0.3, -0.25) is 0 Å². The molecular weight excluding hydrogens is 1580 g/mol. The Balaban J connectivity index is 0.000000147. The van der Waals surface area contributed by atoms with Crippen LogP contribution in [0.4, 0.5) is 74.6 Å². The van der Waals surface area contributed by atoms with Crippen molar-refractivity contribution in [3.05, 3.63) is 154 Å². The molecule has 4 nitrogen and oxygen atoms in total. The van der Waals surface area contributed by atoms with Crippen molar-refractivity contribution in [3.63, 3.8) is 0 Å². The van der Waals surface area contributed by atoms with Gasteiger partial charge in [-0.05, 0) is 399 Å². The zero-order valence-electron chi connectivity index (χ0n) is 71.1. The summed E-state index contributed by atoms with van der Waals surface area (Å²) >= 11 is 0. The van der Waals surface area contributed by atoms with Crippen LogP contribution in [0.5, 0.6) is 23.0 Å². The summed E-state index contributed by atoms with van der Waals surface area (Å²) in [5.74, 6) is 5.18. The molecule has 21 heteroatoms. The van der Waals surface area contributed by atoms with Gasteiger partial charge in [0, 0.05) is 0 Å². The Hall–Kier alpha value is -5.89. The van der Waals surface area contributed by atoms with Crippen LogP contribution in [0.15, 0.2) is 91.0 Å². The average Bonchev–Trinajstić information content (AvgIpc) is 0.578. The zero-order valence-corrected chi connectivity index (χ0v) is 71.1. The van der Waals surface area contributed by atoms with Gasteiger partial charge in [0.15, 0.2) is 40.7 Å². The molecule has 5 aromatic carbocycles. The molecule has 0 aromatic heterocycles. The van der Waals surface area contributed by atoms with E-state index in [2.05, 4.69) is 53.6 Å². The number of rotatable bonds is 15. The fourth-order valence-electron chi connectivity index (χ4n) is 23.1. The van der Waals surface area contributed by atoms with Gasteiger partial charge in [-0.2, -0.15) is 8.78 Å². The Bertz CT molecular complexity index is 3770. The lowest BCUT2D eigenvalue weighted by molar-refractivity contribution is -0.277. The predicted octanol–water partition coefficient (Wildman–Crippen LogP) is 33.1. The van der Waals surface area contributed by atoms with Crippen LogP contribution in [0.25, 0.3) is 0 Å². The van der Waals surface area contributed by atoms with E-state index in [1.165, 1.54) is 203 Å². The summed E-state index contributed by atoms with van der Waals surface area (Å²) < 4.78 is 232. The molecule has 120 heavy (non-hydrogen) atoms. The van der Waals surface area contributed by atoms with Crippen LogP contribution in [0.3, 0.4) is 0 Å². The molecule has 0 spiro atoms. The Kier molecular flexibility index (Phi) is 35.0. The monoisotopic (exact) mass is 1710 g/mol. The van der Waals surface area contributed by atoms with Gasteiger partial charge in [-0.15, -0.1) is 39.5 Å². The van der Waals surface area contributed by atoms with Crippen molar-refractivity contribution in [3.8, 4) is 23.0 Å². The number of halogens is 17. The highest BCUT2D eigenvalue weighted by atomic mass is 19.4. The molecule has 10 saturated carbocycles. The largest absolute Gasteiger partial charge is 0.573 e. The minimum absolute atomic E-state index is 0.00213. The Morgan fingerprint density at radius 3 is 0.725 bits per heavy atom. The lowest BCUT2D eigenvalue weighted by atomic mass is 9.68. The molecule has 10 fully saturated rings. The maximum Gasteiger partial charge on any atom is 0.573 e. The van der Waals surface area contributed by atoms with Crippen molar-refractivity contribution >= 4 is 0 Å². The second-order valence-corrected chi connectivity index (χ2v) is 38.6. The van der Waals surface area contributed by atoms with Crippen LogP contribution in [0, 0.1) is 124 Å². The van der Waals surface area contributed by atoms with Gasteiger partial charge in [0.05, 0.1) is 0 Å². The molecular formula is C99H131F17O4. The molecule has 0 amide bonds. The van der Waals surface area contributed by atoms with Gasteiger partial charge in [-0.1, -0.05) is 129 Å². The van der Waals surface area contributed by atoms with E-state index >= 15 is 0 Å². The van der Waals surface area contributed by atoms with Crippen molar-refractivity contribution in [2.45, 2.75) is 347 Å². The lowest BCUT2D eigenvalue weighted by Crippen LogP contribution is -2.25. The molecule has 0 atom stereocenters. The highest BCUT2D eigenvalue weighted by Crippen LogP contribution is 2.51. The quantitative estimate of drug-likeness (QED) is 0.0773. The molecule has 10 aliphatic rings. The summed E-state index contributed by atoms with van der Waals surface area (Å²) in [5.41, 5.74) is 4.29. The first-order chi connectivity index (χ1) is 57.1. The van der Waals surface area contributed by atoms with E-state index in [0.717, 1.165) is 202 Å². The summed E-state index contributed by atoms with van der Waals surface area (Å²) in [6.45, 7) is 8.96. The van der Waals surface area contributed by atoms with E-state index in [0.29, 0.717) is 28.9 Å². The fraction of sp³-hybridized carbons (Fsp3) is 0.697. The van der Waals surface area contributed by atoms with Crippen LogP contribution in [-0.2, 0) is 0 Å². The van der Waals surface area contributed by atoms with E-state index in [-0.39, 0.29) is 29.3 Å². The molecule has 0 saturated heterocycles. The van der Waals surface area contributed by atoms with Crippen LogP contribution < -0.4 is 18.9 Å². The Morgan fingerprint density at radius 1 is 0.242 bits per heavy atom. The Morgan fingerprint density at radius 2 is 0.467 bits per heavy atom. The van der Waals surface area contributed by atoms with Gasteiger partial charge >= 0.3 is 25.7 Å². The normalized spacial score (nSPS) is 31.5. The van der Waals surface area contributed by atoms with Crippen molar-refractivity contribution in [2.75, 3.05) is 0 Å². The van der Waals surface area contributed by atoms with Gasteiger partial charge in [0.1, 0.15) is 11.5 Å². The topological polar surface area (TPSA) is 36.9 Å². The molecule has 5 aromatic rings. The van der Waals surface area contributed by atoms with Crippen molar-refractivity contribution in [2.24, 2.45) is 88.8 Å². The second kappa shape index (κ2) is 44.3. The molecule has 0 heterocycles. The fourth-order valence-corrected chi connectivity index (χ4v) is 23.1. The van der Waals surface area contributed by atoms with Crippen LogP contribution in [0.2, 0.25) is 0 Å². The minimum atomic E-state index is -5.11. The van der Waals surface area contributed by atoms with Gasteiger partial charge in [-0.25, -0.2) is 26.3 Å². The molecule has 0 aliphatic heterocycles. The van der Waals surface area contributed by atoms with Crippen LogP contribution >= 0.6 is 0 Å². The molecule has 0 N–H and O–H groups in total. The van der Waals surface area contributed by atoms with E-state index in [1.807, 2.05) is 12.1 Å². The van der Waals surface area contributed by atoms with Gasteiger partial charge in [0.2, 0.25) is 5.75 Å². The minimum Gasteiger partial charge on any atom is -0.435 e. The maximum absolute atomic E-state index is 13.9. The summed E-state index contributed by atoms with van der Waals surface area (Å²) in [6.07, 6.45) is 34.6. The number of ether oxygens (including phenoxy) is 4. The third-order valence-electron chi connectivity index (χ3n) is 30.5. The van der Waals surface area contributed by atoms with E-state index in [9.17, 15) is 74.6 Å². The summed E-state index contributed by atoms with van der Waals surface area (Å²) in [4.78, 5) is 0. The first-order valence-corrected chi connectivity index (χ1v) is 46.0. The highest BCUT2D eigenvalue weighted by Gasteiger charge is 2.40. The smallest absolute Gasteiger partial charge is 0.435 e. The molecule has 670 valence electrons.